The van der Waals surface area contributed by atoms with Crippen molar-refractivity contribution in [3.05, 3.63) is 59.4 Å². The Bertz CT molecular complexity index is 566. The molecule has 0 saturated carbocycles. The summed E-state index contributed by atoms with van der Waals surface area (Å²) in [5.41, 5.74) is 8.83. The van der Waals surface area contributed by atoms with Crippen molar-refractivity contribution in [1.82, 2.24) is 4.98 Å². The number of nitrogens with zero attached hydrogens (tertiary/aromatic N) is 1. The average molecular weight is 241 g/mol. The number of rotatable bonds is 4. The fourth-order valence-corrected chi connectivity index (χ4v) is 1.70. The molecule has 4 nitrogen and oxygen atoms in total. The van der Waals surface area contributed by atoms with E-state index in [9.17, 15) is 4.79 Å². The molecular weight excluding hydrogens is 226 g/mol. The summed E-state index contributed by atoms with van der Waals surface area (Å²) in [7, 11) is 0. The summed E-state index contributed by atoms with van der Waals surface area (Å²) in [6.45, 7) is 2.67. The van der Waals surface area contributed by atoms with E-state index in [1.54, 1.807) is 18.2 Å². The van der Waals surface area contributed by atoms with Crippen LogP contribution in [0.5, 0.6) is 0 Å². The number of hydrogen-bond donors (Lipinski definition) is 2. The number of pyridine rings is 1. The van der Waals surface area contributed by atoms with Crippen LogP contribution in [0, 0.1) is 6.92 Å². The molecule has 0 bridgehead atoms. The number of carbonyl (C=O) groups is 1. The number of hydrogen-bond acceptors (Lipinski definition) is 3. The van der Waals surface area contributed by atoms with Gasteiger partial charge in [0.1, 0.15) is 0 Å². The number of aryl methyl sites for hydroxylation is 1. The zero-order valence-corrected chi connectivity index (χ0v) is 10.2. The number of benzene rings is 1. The maximum Gasteiger partial charge on any atom is 0.248 e. The molecule has 18 heavy (non-hydrogen) atoms. The van der Waals surface area contributed by atoms with Gasteiger partial charge in [-0.2, -0.15) is 0 Å². The highest BCUT2D eigenvalue weighted by Gasteiger charge is 2.01. The van der Waals surface area contributed by atoms with E-state index in [0.29, 0.717) is 12.1 Å². The van der Waals surface area contributed by atoms with Crippen LogP contribution in [-0.2, 0) is 6.54 Å². The summed E-state index contributed by atoms with van der Waals surface area (Å²) in [4.78, 5) is 15.2. The summed E-state index contributed by atoms with van der Waals surface area (Å²) < 4.78 is 0. The molecule has 3 N–H and O–H groups in total. The second kappa shape index (κ2) is 5.31. The first-order valence-electron chi connectivity index (χ1n) is 5.69. The highest BCUT2D eigenvalue weighted by Crippen LogP contribution is 2.12. The van der Waals surface area contributed by atoms with Crippen LogP contribution in [0.15, 0.2) is 42.7 Å². The van der Waals surface area contributed by atoms with E-state index < -0.39 is 5.91 Å². The second-order valence-electron chi connectivity index (χ2n) is 4.17. The van der Waals surface area contributed by atoms with Gasteiger partial charge in [-0.3, -0.25) is 9.78 Å². The fourth-order valence-electron chi connectivity index (χ4n) is 1.70. The van der Waals surface area contributed by atoms with Crippen LogP contribution in [0.3, 0.4) is 0 Å². The molecule has 0 radical (unpaired) electrons. The zero-order chi connectivity index (χ0) is 13.0. The number of nitrogens with two attached hydrogens (primary N) is 1. The first-order chi connectivity index (χ1) is 8.65. The van der Waals surface area contributed by atoms with Crippen molar-refractivity contribution in [1.29, 1.82) is 0 Å². The van der Waals surface area contributed by atoms with Crippen molar-refractivity contribution < 1.29 is 4.79 Å². The van der Waals surface area contributed by atoms with Crippen molar-refractivity contribution in [2.75, 3.05) is 5.32 Å². The van der Waals surface area contributed by atoms with Crippen LogP contribution in [0.4, 0.5) is 5.69 Å². The Balaban J connectivity index is 2.06. The largest absolute Gasteiger partial charge is 0.381 e. The Kier molecular flexibility index (Phi) is 3.57. The topological polar surface area (TPSA) is 68.0 Å². The van der Waals surface area contributed by atoms with Gasteiger partial charge in [0.2, 0.25) is 5.91 Å². The lowest BCUT2D eigenvalue weighted by Crippen LogP contribution is -2.11. The molecule has 1 aromatic heterocycles. The molecule has 0 unspecified atom stereocenters. The smallest absolute Gasteiger partial charge is 0.248 e. The molecule has 1 amide bonds. The molecule has 92 valence electrons. The monoisotopic (exact) mass is 241 g/mol. The van der Waals surface area contributed by atoms with Gasteiger partial charge < -0.3 is 11.1 Å². The lowest BCUT2D eigenvalue weighted by Gasteiger charge is -2.07. The van der Waals surface area contributed by atoms with Crippen LogP contribution in [0.25, 0.3) is 0 Å². The van der Waals surface area contributed by atoms with Crippen LogP contribution in [0.1, 0.15) is 21.5 Å². The molecule has 1 heterocycles. The van der Waals surface area contributed by atoms with Gasteiger partial charge in [0.15, 0.2) is 0 Å². The molecule has 0 atom stereocenters. The Morgan fingerprint density at radius 2 is 2.17 bits per heavy atom. The van der Waals surface area contributed by atoms with Crippen molar-refractivity contribution in [2.24, 2.45) is 5.73 Å². The second-order valence-corrected chi connectivity index (χ2v) is 4.17. The number of carbonyl (C=O) groups excluding carboxylic acids is 1. The quantitative estimate of drug-likeness (QED) is 0.861. The normalized spacial score (nSPS) is 10.1. The van der Waals surface area contributed by atoms with Crippen LogP contribution < -0.4 is 11.1 Å². The van der Waals surface area contributed by atoms with Gasteiger partial charge in [0, 0.05) is 30.2 Å². The van der Waals surface area contributed by atoms with Crippen molar-refractivity contribution >= 4 is 11.6 Å². The maximum atomic E-state index is 11.1. The molecule has 0 aliphatic carbocycles. The Labute approximate surface area is 106 Å². The van der Waals surface area contributed by atoms with Crippen LogP contribution >= 0.6 is 0 Å². The third kappa shape index (κ3) is 3.07. The molecule has 2 rings (SSSR count). The number of nitrogens with one attached hydrogen (secondary N) is 1. The summed E-state index contributed by atoms with van der Waals surface area (Å²) in [5, 5.41) is 3.24. The van der Waals surface area contributed by atoms with E-state index in [0.717, 1.165) is 16.8 Å². The van der Waals surface area contributed by atoms with Gasteiger partial charge in [-0.1, -0.05) is 12.1 Å². The van der Waals surface area contributed by atoms with Gasteiger partial charge in [0.25, 0.3) is 0 Å². The predicted octanol–water partition coefficient (Wildman–Crippen LogP) is 2.10. The molecule has 0 aliphatic heterocycles. The Morgan fingerprint density at radius 3 is 2.89 bits per heavy atom. The van der Waals surface area contributed by atoms with Gasteiger partial charge in [-0.25, -0.2) is 0 Å². The van der Waals surface area contributed by atoms with Crippen LogP contribution in [0.2, 0.25) is 0 Å². The standard InChI is InChI=1S/C14H15N3O/c1-10-5-11(8-16-7-10)9-17-13-4-2-3-12(6-13)14(15)18/h2-8,17H,9H2,1H3,(H2,15,18). The van der Waals surface area contributed by atoms with Crippen molar-refractivity contribution in [3.63, 3.8) is 0 Å². The zero-order valence-electron chi connectivity index (χ0n) is 10.2. The van der Waals surface area contributed by atoms with Crippen molar-refractivity contribution in [2.45, 2.75) is 13.5 Å². The lowest BCUT2D eigenvalue weighted by molar-refractivity contribution is 0.100. The van der Waals surface area contributed by atoms with E-state index in [1.165, 1.54) is 0 Å². The minimum absolute atomic E-state index is 0.420. The third-order valence-corrected chi connectivity index (χ3v) is 2.58. The van der Waals surface area contributed by atoms with E-state index in [1.807, 2.05) is 25.4 Å². The highest BCUT2D eigenvalue weighted by atomic mass is 16.1. The Morgan fingerprint density at radius 1 is 1.33 bits per heavy atom. The molecule has 0 fully saturated rings. The van der Waals surface area contributed by atoms with Gasteiger partial charge in [-0.05, 0) is 36.2 Å². The van der Waals surface area contributed by atoms with Gasteiger partial charge >= 0.3 is 0 Å². The number of primary amides is 1. The van der Waals surface area contributed by atoms with E-state index in [2.05, 4.69) is 16.4 Å². The minimum atomic E-state index is -0.420. The van der Waals surface area contributed by atoms with Crippen molar-refractivity contribution in [3.8, 4) is 0 Å². The first kappa shape index (κ1) is 12.1. The highest BCUT2D eigenvalue weighted by molar-refractivity contribution is 5.93. The van der Waals surface area contributed by atoms with Crippen LogP contribution in [-0.4, -0.2) is 10.9 Å². The Hall–Kier alpha value is -2.36. The maximum absolute atomic E-state index is 11.1. The summed E-state index contributed by atoms with van der Waals surface area (Å²) in [6.07, 6.45) is 3.63. The molecule has 0 saturated heterocycles. The molecule has 0 aliphatic rings. The van der Waals surface area contributed by atoms with E-state index in [-0.39, 0.29) is 0 Å². The minimum Gasteiger partial charge on any atom is -0.381 e. The predicted molar refractivity (Wildman–Crippen MR) is 71.3 cm³/mol. The fraction of sp³-hybridized carbons (Fsp3) is 0.143. The molecule has 4 heteroatoms. The summed E-state index contributed by atoms with van der Waals surface area (Å²) in [5.74, 6) is -0.420. The van der Waals surface area contributed by atoms with E-state index >= 15 is 0 Å². The lowest BCUT2D eigenvalue weighted by atomic mass is 10.2. The summed E-state index contributed by atoms with van der Waals surface area (Å²) >= 11 is 0. The average Bonchev–Trinajstić information content (AvgIpc) is 2.37. The molecule has 1 aromatic carbocycles. The number of anilines is 1. The van der Waals surface area contributed by atoms with Gasteiger partial charge in [-0.15, -0.1) is 0 Å². The molecule has 0 spiro atoms. The third-order valence-electron chi connectivity index (χ3n) is 2.58. The SMILES string of the molecule is Cc1cncc(CNc2cccc(C(N)=O)c2)c1. The number of aromatic nitrogens is 1. The van der Waals surface area contributed by atoms with E-state index in [4.69, 9.17) is 5.73 Å². The van der Waals surface area contributed by atoms with Gasteiger partial charge in [0.05, 0.1) is 0 Å². The number of amides is 1. The first-order valence-corrected chi connectivity index (χ1v) is 5.69. The molecular formula is C14H15N3O. The molecule has 2 aromatic rings. The summed E-state index contributed by atoms with van der Waals surface area (Å²) in [6, 6.07) is 9.21.